The summed E-state index contributed by atoms with van der Waals surface area (Å²) in [7, 11) is 0. The summed E-state index contributed by atoms with van der Waals surface area (Å²) >= 11 is 8.20. The van der Waals surface area contributed by atoms with Gasteiger partial charge < -0.3 is 0 Å². The van der Waals surface area contributed by atoms with Crippen molar-refractivity contribution in [3.05, 3.63) is 23.3 Å². The third-order valence-electron chi connectivity index (χ3n) is 4.24. The molecule has 5 rings (SSSR count). The van der Waals surface area contributed by atoms with E-state index >= 15 is 0 Å². The van der Waals surface area contributed by atoms with Crippen LogP contribution in [0.5, 0.6) is 0 Å². The highest BCUT2D eigenvalue weighted by Gasteiger charge is 2.21. The van der Waals surface area contributed by atoms with E-state index in [1.165, 1.54) is 46.6 Å². The van der Waals surface area contributed by atoms with Crippen LogP contribution in [0.1, 0.15) is 24.0 Å². The Morgan fingerprint density at radius 3 is 1.70 bits per heavy atom. The molecule has 0 nitrogen and oxygen atoms in total. The molecule has 0 atom stereocenters. The van der Waals surface area contributed by atoms with E-state index in [1.54, 1.807) is 30.3 Å². The second kappa shape index (κ2) is 4.67. The zero-order valence-electron chi connectivity index (χ0n) is 11.0. The van der Waals surface area contributed by atoms with Gasteiger partial charge in [-0.2, -0.15) is 0 Å². The van der Waals surface area contributed by atoms with Gasteiger partial charge in [0, 0.05) is 9.40 Å². The van der Waals surface area contributed by atoms with Gasteiger partial charge in [-0.15, -0.1) is 46.2 Å². The molecule has 0 saturated carbocycles. The number of rotatable bonds is 0. The molecule has 0 unspecified atom stereocenters. The lowest BCUT2D eigenvalue weighted by Gasteiger charge is -2.10. The minimum atomic E-state index is 1.29. The fourth-order valence-corrected chi connectivity index (χ4v) is 8.52. The van der Waals surface area contributed by atoms with Crippen LogP contribution in [0.4, 0.5) is 0 Å². The molecule has 0 spiro atoms. The zero-order valence-corrected chi connectivity index (χ0v) is 14.3. The minimum Gasteiger partial charge on any atom is -0.129 e. The Hall–Kier alpha value is -0.160. The first-order valence-electron chi connectivity index (χ1n) is 7.16. The van der Waals surface area contributed by atoms with Crippen molar-refractivity contribution >= 4 is 66.4 Å². The molecule has 3 aromatic rings. The Labute approximate surface area is 134 Å². The van der Waals surface area contributed by atoms with Gasteiger partial charge in [0.15, 0.2) is 0 Å². The number of aryl methyl sites for hydroxylation is 2. The number of thioether (sulfide) groups is 2. The van der Waals surface area contributed by atoms with Gasteiger partial charge in [0.05, 0.1) is 8.42 Å². The van der Waals surface area contributed by atoms with Crippen LogP contribution in [-0.4, -0.2) is 11.5 Å². The highest BCUT2D eigenvalue weighted by atomic mass is 32.2. The molecule has 2 aliphatic rings. The van der Waals surface area contributed by atoms with Crippen LogP contribution in [-0.2, 0) is 12.8 Å². The van der Waals surface area contributed by atoms with Crippen LogP contribution in [0.25, 0.3) is 20.2 Å². The van der Waals surface area contributed by atoms with Crippen molar-refractivity contribution in [3.8, 4) is 0 Å². The summed E-state index contributed by atoms with van der Waals surface area (Å²) in [4.78, 5) is 0. The lowest BCUT2D eigenvalue weighted by atomic mass is 10.0. The first-order valence-corrected chi connectivity index (χ1v) is 10.8. The Bertz CT molecular complexity index is 754. The standard InChI is InChI=1S/C16H14S4/c1-3-9-11-7-14-12(8-13(11)19-15(9)17-5-1)10-4-2-6-18-16(10)20-14/h7-8H,1-6H2. The van der Waals surface area contributed by atoms with Crippen LogP contribution in [0.2, 0.25) is 0 Å². The molecule has 0 radical (unpaired) electrons. The molecule has 0 N–H and O–H groups in total. The van der Waals surface area contributed by atoms with Crippen molar-refractivity contribution in [1.29, 1.82) is 0 Å². The predicted molar refractivity (Wildman–Crippen MR) is 95.3 cm³/mol. The van der Waals surface area contributed by atoms with E-state index in [9.17, 15) is 0 Å². The van der Waals surface area contributed by atoms with E-state index in [0.717, 1.165) is 0 Å². The fraction of sp³-hybridized carbons (Fsp3) is 0.375. The van der Waals surface area contributed by atoms with Gasteiger partial charge in [-0.25, -0.2) is 0 Å². The summed E-state index contributed by atoms with van der Waals surface area (Å²) < 4.78 is 6.22. The van der Waals surface area contributed by atoms with Gasteiger partial charge in [-0.05, 0) is 71.2 Å². The maximum absolute atomic E-state index is 2.50. The van der Waals surface area contributed by atoms with Crippen molar-refractivity contribution < 1.29 is 0 Å². The molecular formula is C16H14S4. The van der Waals surface area contributed by atoms with Gasteiger partial charge in [-0.1, -0.05) is 0 Å². The molecule has 1 aromatic carbocycles. The molecular weight excluding hydrogens is 320 g/mol. The summed E-state index contributed by atoms with van der Waals surface area (Å²) in [6, 6.07) is 4.99. The summed E-state index contributed by atoms with van der Waals surface area (Å²) in [6.45, 7) is 0. The van der Waals surface area contributed by atoms with E-state index in [0.29, 0.717) is 0 Å². The molecule has 0 amide bonds. The average molecular weight is 335 g/mol. The third kappa shape index (κ3) is 1.75. The number of hydrogen-bond acceptors (Lipinski definition) is 4. The highest BCUT2D eigenvalue weighted by molar-refractivity contribution is 8.01. The van der Waals surface area contributed by atoms with Crippen molar-refractivity contribution in [2.45, 2.75) is 34.1 Å². The van der Waals surface area contributed by atoms with Crippen LogP contribution in [0.15, 0.2) is 20.6 Å². The van der Waals surface area contributed by atoms with Crippen LogP contribution in [0, 0.1) is 0 Å². The number of hydrogen-bond donors (Lipinski definition) is 0. The normalized spacial score (nSPS) is 18.4. The summed E-state index contributed by atoms with van der Waals surface area (Å²) in [6.07, 6.45) is 5.26. The third-order valence-corrected chi connectivity index (χ3v) is 9.43. The first-order chi connectivity index (χ1) is 9.90. The smallest absolute Gasteiger partial charge is 0.0643 e. The molecule has 0 saturated heterocycles. The van der Waals surface area contributed by atoms with E-state index in [4.69, 9.17) is 0 Å². The Morgan fingerprint density at radius 1 is 0.700 bits per heavy atom. The van der Waals surface area contributed by atoms with E-state index in [-0.39, 0.29) is 0 Å². The number of benzene rings is 1. The lowest BCUT2D eigenvalue weighted by Crippen LogP contribution is -1.94. The number of thiophene rings is 2. The molecule has 0 aliphatic carbocycles. The molecule has 20 heavy (non-hydrogen) atoms. The quantitative estimate of drug-likeness (QED) is 0.480. The van der Waals surface area contributed by atoms with E-state index < -0.39 is 0 Å². The summed E-state index contributed by atoms with van der Waals surface area (Å²) in [5, 5.41) is 3.10. The van der Waals surface area contributed by atoms with Gasteiger partial charge in [0.2, 0.25) is 0 Å². The number of fused-ring (bicyclic) bond motifs is 6. The Morgan fingerprint density at radius 2 is 1.20 bits per heavy atom. The van der Waals surface area contributed by atoms with Crippen molar-refractivity contribution in [2.75, 3.05) is 11.5 Å². The van der Waals surface area contributed by atoms with Crippen LogP contribution < -0.4 is 0 Å². The van der Waals surface area contributed by atoms with Gasteiger partial charge in [0.1, 0.15) is 0 Å². The van der Waals surface area contributed by atoms with Gasteiger partial charge >= 0.3 is 0 Å². The average Bonchev–Trinajstić information content (AvgIpc) is 3.02. The molecule has 0 bridgehead atoms. The molecule has 0 fully saturated rings. The molecule has 2 aliphatic heterocycles. The van der Waals surface area contributed by atoms with E-state index in [2.05, 4.69) is 35.7 Å². The largest absolute Gasteiger partial charge is 0.129 e. The lowest BCUT2D eigenvalue weighted by molar-refractivity contribution is 0.912. The van der Waals surface area contributed by atoms with Crippen molar-refractivity contribution in [1.82, 2.24) is 0 Å². The molecule has 4 heteroatoms. The second-order valence-corrected chi connectivity index (χ2v) is 10.3. The van der Waals surface area contributed by atoms with Crippen molar-refractivity contribution in [3.63, 3.8) is 0 Å². The highest BCUT2D eigenvalue weighted by Crippen LogP contribution is 2.47. The second-order valence-electron chi connectivity index (χ2n) is 5.48. The maximum Gasteiger partial charge on any atom is 0.0643 e. The van der Waals surface area contributed by atoms with Crippen LogP contribution in [0.3, 0.4) is 0 Å². The first kappa shape index (κ1) is 12.4. The SMILES string of the molecule is c1c2sc3c(c2cc2sc4c(c12)CCCS4)CCCS3. The molecule has 2 aromatic heterocycles. The molecule has 4 heterocycles. The summed E-state index contributed by atoms with van der Waals surface area (Å²) in [5.74, 6) is 2.61. The van der Waals surface area contributed by atoms with E-state index in [1.807, 2.05) is 22.7 Å². The predicted octanol–water partition coefficient (Wildman–Crippen LogP) is 6.19. The maximum atomic E-state index is 2.50. The van der Waals surface area contributed by atoms with Gasteiger partial charge in [0.25, 0.3) is 0 Å². The summed E-state index contributed by atoms with van der Waals surface area (Å²) in [5.41, 5.74) is 3.28. The van der Waals surface area contributed by atoms with Crippen molar-refractivity contribution in [2.24, 2.45) is 0 Å². The minimum absolute atomic E-state index is 1.29. The van der Waals surface area contributed by atoms with Crippen LogP contribution >= 0.6 is 46.2 Å². The fourth-order valence-electron chi connectivity index (χ4n) is 3.28. The Kier molecular flexibility index (Phi) is 2.89. The van der Waals surface area contributed by atoms with Gasteiger partial charge in [-0.3, -0.25) is 0 Å². The zero-order chi connectivity index (χ0) is 13.1. The topological polar surface area (TPSA) is 0 Å². The monoisotopic (exact) mass is 334 g/mol. The molecule has 102 valence electrons. The Balaban J connectivity index is 1.83.